The van der Waals surface area contributed by atoms with Crippen molar-refractivity contribution in [2.45, 2.75) is 63.4 Å². The molecule has 2 aliphatic heterocycles. The van der Waals surface area contributed by atoms with Crippen LogP contribution in [0.15, 0.2) is 24.3 Å². The van der Waals surface area contributed by atoms with Gasteiger partial charge in [0, 0.05) is 6.42 Å². The molecule has 5 heteroatoms. The third-order valence-electron chi connectivity index (χ3n) is 4.89. The van der Waals surface area contributed by atoms with E-state index in [2.05, 4.69) is 43.4 Å². The smallest absolute Gasteiger partial charge is 0.220 e. The summed E-state index contributed by atoms with van der Waals surface area (Å²) in [6.07, 6.45) is 1.11. The van der Waals surface area contributed by atoms with Crippen LogP contribution in [0.25, 0.3) is 0 Å². The highest BCUT2D eigenvalue weighted by Crippen LogP contribution is 2.27. The van der Waals surface area contributed by atoms with Crippen molar-refractivity contribution in [3.63, 3.8) is 0 Å². The third-order valence-corrected chi connectivity index (χ3v) is 4.89. The lowest BCUT2D eigenvalue weighted by molar-refractivity contribution is -0.122. The molecule has 2 fully saturated rings. The zero-order chi connectivity index (χ0) is 17.1. The number of aryl methyl sites for hydroxylation is 1. The Morgan fingerprint density at radius 3 is 2.62 bits per heavy atom. The molecular formula is C19H27NO4. The first-order valence-electron chi connectivity index (χ1n) is 8.84. The number of hydrogen-bond donors (Lipinski definition) is 2. The molecule has 2 aliphatic rings. The zero-order valence-electron chi connectivity index (χ0n) is 14.4. The van der Waals surface area contributed by atoms with Gasteiger partial charge in [-0.15, -0.1) is 0 Å². The second-order valence-electron chi connectivity index (χ2n) is 7.09. The van der Waals surface area contributed by atoms with E-state index in [9.17, 15) is 9.90 Å². The van der Waals surface area contributed by atoms with Crippen molar-refractivity contribution in [2.24, 2.45) is 0 Å². The van der Waals surface area contributed by atoms with Crippen molar-refractivity contribution in [3.05, 3.63) is 35.4 Å². The predicted molar refractivity (Wildman–Crippen MR) is 90.9 cm³/mol. The van der Waals surface area contributed by atoms with Crippen molar-refractivity contribution in [3.8, 4) is 0 Å². The molecular weight excluding hydrogens is 306 g/mol. The fraction of sp³-hybridized carbons (Fsp3) is 0.632. The van der Waals surface area contributed by atoms with Gasteiger partial charge in [-0.05, 0) is 29.9 Å². The molecule has 24 heavy (non-hydrogen) atoms. The first-order chi connectivity index (χ1) is 11.5. The summed E-state index contributed by atoms with van der Waals surface area (Å²) in [4.78, 5) is 12.1. The van der Waals surface area contributed by atoms with E-state index in [1.807, 2.05) is 0 Å². The minimum atomic E-state index is -0.578. The Morgan fingerprint density at radius 1 is 1.21 bits per heavy atom. The van der Waals surface area contributed by atoms with Crippen LogP contribution in [0.1, 0.15) is 43.7 Å². The van der Waals surface area contributed by atoms with E-state index >= 15 is 0 Å². The Balaban J connectivity index is 1.40. The summed E-state index contributed by atoms with van der Waals surface area (Å²) < 4.78 is 11.0. The molecule has 1 amide bonds. The van der Waals surface area contributed by atoms with Gasteiger partial charge in [-0.25, -0.2) is 0 Å². The van der Waals surface area contributed by atoms with Crippen LogP contribution in [0.3, 0.4) is 0 Å². The highest BCUT2D eigenvalue weighted by molar-refractivity contribution is 5.76. The molecule has 4 atom stereocenters. The van der Waals surface area contributed by atoms with Gasteiger partial charge in [0.2, 0.25) is 5.91 Å². The summed E-state index contributed by atoms with van der Waals surface area (Å²) in [5.74, 6) is 0.562. The molecule has 0 unspecified atom stereocenters. The second kappa shape index (κ2) is 7.64. The molecule has 0 spiro atoms. The summed E-state index contributed by atoms with van der Waals surface area (Å²) in [6.45, 7) is 5.07. The molecule has 2 N–H and O–H groups in total. The molecule has 0 bridgehead atoms. The van der Waals surface area contributed by atoms with Gasteiger partial charge in [0.15, 0.2) is 0 Å². The molecule has 3 rings (SSSR count). The first-order valence-corrected chi connectivity index (χ1v) is 8.84. The SMILES string of the molecule is CC(C)c1ccc(CCCC(=O)N[C@@H]2CO[C@H]3[C@@H]2OC[C@H]3O)cc1. The molecule has 1 aromatic carbocycles. The van der Waals surface area contributed by atoms with Gasteiger partial charge < -0.3 is 19.9 Å². The molecule has 5 nitrogen and oxygen atoms in total. The topological polar surface area (TPSA) is 67.8 Å². The summed E-state index contributed by atoms with van der Waals surface area (Å²) >= 11 is 0. The fourth-order valence-electron chi connectivity index (χ4n) is 3.40. The van der Waals surface area contributed by atoms with Gasteiger partial charge in [0.1, 0.15) is 18.3 Å². The minimum Gasteiger partial charge on any atom is -0.388 e. The highest BCUT2D eigenvalue weighted by atomic mass is 16.6. The summed E-state index contributed by atoms with van der Waals surface area (Å²) in [6, 6.07) is 8.48. The number of amides is 1. The number of carbonyl (C=O) groups excluding carboxylic acids is 1. The minimum absolute atomic E-state index is 0.0213. The fourth-order valence-corrected chi connectivity index (χ4v) is 3.40. The molecule has 0 radical (unpaired) electrons. The summed E-state index contributed by atoms with van der Waals surface area (Å²) in [7, 11) is 0. The number of fused-ring (bicyclic) bond motifs is 1. The number of carbonyl (C=O) groups is 1. The molecule has 0 aromatic heterocycles. The molecule has 132 valence electrons. The van der Waals surface area contributed by atoms with Crippen LogP contribution in [-0.2, 0) is 20.7 Å². The van der Waals surface area contributed by atoms with Crippen LogP contribution in [0.4, 0.5) is 0 Å². The normalized spacial score (nSPS) is 29.0. The van der Waals surface area contributed by atoms with Crippen molar-refractivity contribution in [1.29, 1.82) is 0 Å². The Hall–Kier alpha value is -1.43. The van der Waals surface area contributed by atoms with E-state index in [0.29, 0.717) is 18.9 Å². The Bertz CT molecular complexity index is 557. The maximum Gasteiger partial charge on any atom is 0.220 e. The van der Waals surface area contributed by atoms with Gasteiger partial charge in [-0.2, -0.15) is 0 Å². The van der Waals surface area contributed by atoms with Crippen LogP contribution in [0, 0.1) is 0 Å². The van der Waals surface area contributed by atoms with Crippen molar-refractivity contribution in [2.75, 3.05) is 13.2 Å². The monoisotopic (exact) mass is 333 g/mol. The van der Waals surface area contributed by atoms with Crippen LogP contribution < -0.4 is 5.32 Å². The molecule has 2 heterocycles. The lowest BCUT2D eigenvalue weighted by atomic mass is 10.00. The van der Waals surface area contributed by atoms with E-state index in [-0.39, 0.29) is 30.8 Å². The number of ether oxygens (including phenoxy) is 2. The molecule has 0 aliphatic carbocycles. The van der Waals surface area contributed by atoms with Crippen molar-refractivity contribution < 1.29 is 19.4 Å². The van der Waals surface area contributed by atoms with Crippen LogP contribution in [0.2, 0.25) is 0 Å². The number of hydrogen-bond acceptors (Lipinski definition) is 4. The standard InChI is InChI=1S/C19H27NO4/c1-12(2)14-8-6-13(7-9-14)4-3-5-17(22)20-15-10-23-19-16(21)11-24-18(15)19/h6-9,12,15-16,18-19,21H,3-5,10-11H2,1-2H3,(H,20,22)/t15-,16-,18-,19-/m1/s1. The van der Waals surface area contributed by atoms with Gasteiger partial charge in [0.05, 0.1) is 19.3 Å². The zero-order valence-corrected chi connectivity index (χ0v) is 14.4. The number of benzene rings is 1. The van der Waals surface area contributed by atoms with Gasteiger partial charge in [-0.3, -0.25) is 4.79 Å². The highest BCUT2D eigenvalue weighted by Gasteiger charge is 2.47. The van der Waals surface area contributed by atoms with Gasteiger partial charge >= 0.3 is 0 Å². The summed E-state index contributed by atoms with van der Waals surface area (Å²) in [5.41, 5.74) is 2.60. The van der Waals surface area contributed by atoms with E-state index in [0.717, 1.165) is 12.8 Å². The Labute approximate surface area is 143 Å². The van der Waals surface area contributed by atoms with Gasteiger partial charge in [-0.1, -0.05) is 38.1 Å². The van der Waals surface area contributed by atoms with Crippen molar-refractivity contribution >= 4 is 5.91 Å². The second-order valence-corrected chi connectivity index (χ2v) is 7.09. The van der Waals surface area contributed by atoms with E-state index < -0.39 is 6.10 Å². The van der Waals surface area contributed by atoms with Crippen LogP contribution >= 0.6 is 0 Å². The van der Waals surface area contributed by atoms with E-state index in [1.165, 1.54) is 11.1 Å². The molecule has 2 saturated heterocycles. The van der Waals surface area contributed by atoms with E-state index in [4.69, 9.17) is 9.47 Å². The van der Waals surface area contributed by atoms with Crippen molar-refractivity contribution in [1.82, 2.24) is 5.32 Å². The predicted octanol–water partition coefficient (Wildman–Crippen LogP) is 1.78. The maximum absolute atomic E-state index is 12.1. The molecule has 1 aromatic rings. The largest absolute Gasteiger partial charge is 0.388 e. The average molecular weight is 333 g/mol. The third kappa shape index (κ3) is 3.97. The number of aliphatic hydroxyl groups excluding tert-OH is 1. The Kier molecular flexibility index (Phi) is 5.54. The lowest BCUT2D eigenvalue weighted by Crippen LogP contribution is -2.44. The van der Waals surface area contributed by atoms with Crippen LogP contribution in [-0.4, -0.2) is 48.6 Å². The molecule has 0 saturated carbocycles. The summed E-state index contributed by atoms with van der Waals surface area (Å²) in [5, 5.41) is 12.7. The number of nitrogens with one attached hydrogen (secondary N) is 1. The maximum atomic E-state index is 12.1. The van der Waals surface area contributed by atoms with Crippen LogP contribution in [0.5, 0.6) is 0 Å². The average Bonchev–Trinajstić information content (AvgIpc) is 3.12. The van der Waals surface area contributed by atoms with Gasteiger partial charge in [0.25, 0.3) is 0 Å². The lowest BCUT2D eigenvalue weighted by Gasteiger charge is -2.17. The first kappa shape index (κ1) is 17.4. The number of aliphatic hydroxyl groups is 1. The van der Waals surface area contributed by atoms with E-state index in [1.54, 1.807) is 0 Å². The quantitative estimate of drug-likeness (QED) is 0.833. The number of rotatable bonds is 6. The Morgan fingerprint density at radius 2 is 1.92 bits per heavy atom.